The van der Waals surface area contributed by atoms with Crippen LogP contribution in [0.3, 0.4) is 0 Å². The summed E-state index contributed by atoms with van der Waals surface area (Å²) in [7, 11) is -4.31. The van der Waals surface area contributed by atoms with Gasteiger partial charge in [-0.25, -0.2) is 0 Å². The Bertz CT molecular complexity index is 256. The molecule has 0 aliphatic rings. The topological polar surface area (TPSA) is 89.9 Å². The fraction of sp³-hybridized carbons (Fsp3) is 0.833. The fourth-order valence-corrected chi connectivity index (χ4v) is 1.00. The van der Waals surface area contributed by atoms with Gasteiger partial charge in [-0.2, -0.15) is 8.42 Å². The standard InChI is InChI=1S/C6H12O6S/c1-3-11-5(2)12-6(7)4-13(8,9)10/h5H,3-4H2,1-2H3,(H,8,9,10). The lowest BCUT2D eigenvalue weighted by Gasteiger charge is -2.11. The Hall–Kier alpha value is -0.660. The van der Waals surface area contributed by atoms with Crippen molar-refractivity contribution >= 4 is 16.1 Å². The second kappa shape index (κ2) is 5.15. The van der Waals surface area contributed by atoms with Crippen LogP contribution in [0.4, 0.5) is 0 Å². The van der Waals surface area contributed by atoms with Crippen LogP contribution in [0, 0.1) is 0 Å². The summed E-state index contributed by atoms with van der Waals surface area (Å²) in [5.41, 5.74) is 0. The Morgan fingerprint density at radius 1 is 1.54 bits per heavy atom. The van der Waals surface area contributed by atoms with Crippen molar-refractivity contribution in [3.63, 3.8) is 0 Å². The lowest BCUT2D eigenvalue weighted by atomic mass is 10.7. The molecule has 0 saturated carbocycles. The number of carbonyl (C=O) groups is 1. The predicted octanol–water partition coefficient (Wildman–Crippen LogP) is -0.200. The molecule has 78 valence electrons. The zero-order valence-electron chi connectivity index (χ0n) is 7.39. The molecule has 0 aromatic rings. The van der Waals surface area contributed by atoms with Crippen LogP contribution in [0.5, 0.6) is 0 Å². The van der Waals surface area contributed by atoms with Crippen LogP contribution in [-0.2, 0) is 24.4 Å². The number of esters is 1. The number of rotatable bonds is 5. The van der Waals surface area contributed by atoms with Crippen molar-refractivity contribution in [2.75, 3.05) is 12.4 Å². The number of carbonyl (C=O) groups excluding carboxylic acids is 1. The molecule has 0 fully saturated rings. The second-order valence-electron chi connectivity index (χ2n) is 2.24. The molecule has 0 rings (SSSR count). The Balaban J connectivity index is 3.88. The molecule has 1 unspecified atom stereocenters. The predicted molar refractivity (Wildman–Crippen MR) is 43.6 cm³/mol. The number of hydrogen-bond acceptors (Lipinski definition) is 5. The van der Waals surface area contributed by atoms with Crippen molar-refractivity contribution in [1.29, 1.82) is 0 Å². The van der Waals surface area contributed by atoms with Crippen molar-refractivity contribution in [2.24, 2.45) is 0 Å². The van der Waals surface area contributed by atoms with Crippen LogP contribution in [0.15, 0.2) is 0 Å². The molecular weight excluding hydrogens is 200 g/mol. The van der Waals surface area contributed by atoms with Crippen molar-refractivity contribution in [2.45, 2.75) is 20.1 Å². The molecule has 0 bridgehead atoms. The van der Waals surface area contributed by atoms with Crippen LogP contribution < -0.4 is 0 Å². The van der Waals surface area contributed by atoms with Gasteiger partial charge in [-0.1, -0.05) is 0 Å². The molecule has 1 N–H and O–H groups in total. The van der Waals surface area contributed by atoms with E-state index in [1.165, 1.54) is 6.92 Å². The highest BCUT2D eigenvalue weighted by molar-refractivity contribution is 7.86. The van der Waals surface area contributed by atoms with E-state index in [4.69, 9.17) is 9.29 Å². The van der Waals surface area contributed by atoms with E-state index in [0.29, 0.717) is 6.61 Å². The highest BCUT2D eigenvalue weighted by Gasteiger charge is 2.16. The summed E-state index contributed by atoms with van der Waals surface area (Å²) < 4.78 is 37.9. The summed E-state index contributed by atoms with van der Waals surface area (Å²) in [4.78, 5) is 10.7. The highest BCUT2D eigenvalue weighted by Crippen LogP contribution is 1.95. The van der Waals surface area contributed by atoms with E-state index in [1.807, 2.05) is 0 Å². The van der Waals surface area contributed by atoms with Crippen LogP contribution in [0.1, 0.15) is 13.8 Å². The van der Waals surface area contributed by atoms with Crippen molar-refractivity contribution in [3.05, 3.63) is 0 Å². The lowest BCUT2D eigenvalue weighted by Crippen LogP contribution is -2.24. The van der Waals surface area contributed by atoms with Gasteiger partial charge in [0.15, 0.2) is 12.0 Å². The maximum absolute atomic E-state index is 10.7. The first-order valence-corrected chi connectivity index (χ1v) is 5.22. The number of ether oxygens (including phenoxy) is 2. The first-order valence-electron chi connectivity index (χ1n) is 3.61. The van der Waals surface area contributed by atoms with Gasteiger partial charge < -0.3 is 9.47 Å². The molecule has 0 aromatic heterocycles. The van der Waals surface area contributed by atoms with E-state index < -0.39 is 28.1 Å². The van der Waals surface area contributed by atoms with E-state index in [0.717, 1.165) is 0 Å². The van der Waals surface area contributed by atoms with Gasteiger partial charge in [0.05, 0.1) is 0 Å². The Morgan fingerprint density at radius 3 is 2.46 bits per heavy atom. The van der Waals surface area contributed by atoms with Crippen molar-refractivity contribution in [1.82, 2.24) is 0 Å². The molecule has 0 spiro atoms. The highest BCUT2D eigenvalue weighted by atomic mass is 32.2. The molecule has 0 aromatic carbocycles. The third-order valence-electron chi connectivity index (χ3n) is 0.999. The monoisotopic (exact) mass is 212 g/mol. The van der Waals surface area contributed by atoms with Crippen LogP contribution in [-0.4, -0.2) is 37.6 Å². The zero-order valence-corrected chi connectivity index (χ0v) is 8.20. The first-order chi connectivity index (χ1) is 5.85. The summed E-state index contributed by atoms with van der Waals surface area (Å²) >= 11 is 0. The lowest BCUT2D eigenvalue weighted by molar-refractivity contribution is -0.170. The number of hydrogen-bond donors (Lipinski definition) is 1. The molecule has 6 nitrogen and oxygen atoms in total. The normalized spacial score (nSPS) is 13.8. The SMILES string of the molecule is CCOC(C)OC(=O)CS(=O)(=O)O. The van der Waals surface area contributed by atoms with Crippen LogP contribution >= 0.6 is 0 Å². The Kier molecular flexibility index (Phi) is 4.89. The zero-order chi connectivity index (χ0) is 10.5. The van der Waals surface area contributed by atoms with Gasteiger partial charge in [0, 0.05) is 6.61 Å². The minimum atomic E-state index is -4.31. The minimum absolute atomic E-state index is 0.348. The average Bonchev–Trinajstić information content (AvgIpc) is 1.81. The van der Waals surface area contributed by atoms with E-state index in [1.54, 1.807) is 6.92 Å². The third kappa shape index (κ3) is 7.69. The molecule has 0 radical (unpaired) electrons. The molecular formula is C6H12O6S. The van der Waals surface area contributed by atoms with Gasteiger partial charge in [-0.3, -0.25) is 9.35 Å². The molecule has 0 aliphatic carbocycles. The van der Waals surface area contributed by atoms with Gasteiger partial charge in [0.25, 0.3) is 10.1 Å². The van der Waals surface area contributed by atoms with Crippen molar-refractivity contribution in [3.8, 4) is 0 Å². The van der Waals surface area contributed by atoms with Crippen LogP contribution in [0.25, 0.3) is 0 Å². The Morgan fingerprint density at radius 2 is 2.08 bits per heavy atom. The average molecular weight is 212 g/mol. The molecule has 1 atom stereocenters. The van der Waals surface area contributed by atoms with Gasteiger partial charge in [0.2, 0.25) is 0 Å². The van der Waals surface area contributed by atoms with Gasteiger partial charge in [-0.15, -0.1) is 0 Å². The molecule has 0 aliphatic heterocycles. The maximum Gasteiger partial charge on any atom is 0.325 e. The molecule has 0 amide bonds. The Labute approximate surface area is 76.6 Å². The molecule has 13 heavy (non-hydrogen) atoms. The van der Waals surface area contributed by atoms with Crippen molar-refractivity contribution < 1.29 is 27.2 Å². The summed E-state index contributed by atoms with van der Waals surface area (Å²) in [6, 6.07) is 0. The summed E-state index contributed by atoms with van der Waals surface area (Å²) in [5, 5.41) is 0. The third-order valence-corrected chi connectivity index (χ3v) is 1.60. The quantitative estimate of drug-likeness (QED) is 0.385. The largest absolute Gasteiger partial charge is 0.435 e. The fourth-order valence-electron chi connectivity index (χ4n) is 0.637. The molecule has 7 heteroatoms. The summed E-state index contributed by atoms with van der Waals surface area (Å²) in [6.45, 7) is 3.50. The molecule has 0 saturated heterocycles. The van der Waals surface area contributed by atoms with E-state index in [2.05, 4.69) is 4.74 Å². The summed E-state index contributed by atoms with van der Waals surface area (Å²) in [6.07, 6.45) is -0.806. The smallest absolute Gasteiger partial charge is 0.325 e. The van der Waals surface area contributed by atoms with E-state index in [9.17, 15) is 13.2 Å². The minimum Gasteiger partial charge on any atom is -0.435 e. The van der Waals surface area contributed by atoms with Gasteiger partial charge >= 0.3 is 5.97 Å². The van der Waals surface area contributed by atoms with Gasteiger partial charge in [0.1, 0.15) is 0 Å². The molecule has 0 heterocycles. The summed E-state index contributed by atoms with van der Waals surface area (Å²) in [5.74, 6) is -2.09. The second-order valence-corrected chi connectivity index (χ2v) is 3.69. The van der Waals surface area contributed by atoms with Crippen LogP contribution in [0.2, 0.25) is 0 Å². The first kappa shape index (κ1) is 12.3. The van der Waals surface area contributed by atoms with E-state index >= 15 is 0 Å². The van der Waals surface area contributed by atoms with E-state index in [-0.39, 0.29) is 0 Å². The maximum atomic E-state index is 10.7. The van der Waals surface area contributed by atoms with Gasteiger partial charge in [-0.05, 0) is 13.8 Å².